The minimum Gasteiger partial charge on any atom is -0.399 e. The molecule has 0 amide bonds. The summed E-state index contributed by atoms with van der Waals surface area (Å²) in [5.74, 6) is 0.367. The van der Waals surface area contributed by atoms with Crippen molar-refractivity contribution in [1.29, 1.82) is 0 Å². The maximum Gasteiger partial charge on any atom is 0.263 e. The molecule has 1 heterocycles. The topological polar surface area (TPSA) is 101 Å². The van der Waals surface area contributed by atoms with Crippen molar-refractivity contribution >= 4 is 21.5 Å². The lowest BCUT2D eigenvalue weighted by Crippen LogP contribution is -2.15. The van der Waals surface area contributed by atoms with Gasteiger partial charge in [-0.1, -0.05) is 0 Å². The molecule has 2 rings (SSSR count). The average molecular weight is 266 g/mol. The number of sulfonamides is 1. The van der Waals surface area contributed by atoms with Gasteiger partial charge in [-0.15, -0.1) is 0 Å². The molecule has 2 aromatic rings. The van der Waals surface area contributed by atoms with E-state index < -0.39 is 10.0 Å². The summed E-state index contributed by atoms with van der Waals surface area (Å²) < 4.78 is 26.8. The Balaban J connectivity index is 2.40. The van der Waals surface area contributed by atoms with Gasteiger partial charge in [-0.2, -0.15) is 5.10 Å². The predicted molar refractivity (Wildman–Crippen MR) is 69.7 cm³/mol. The van der Waals surface area contributed by atoms with E-state index in [0.29, 0.717) is 17.1 Å². The fraction of sp³-hybridized carbons (Fsp3) is 0.182. The predicted octanol–water partition coefficient (Wildman–Crippen LogP) is 1.41. The van der Waals surface area contributed by atoms with Gasteiger partial charge in [0.1, 0.15) is 5.82 Å². The summed E-state index contributed by atoms with van der Waals surface area (Å²) in [5.41, 5.74) is 7.46. The van der Waals surface area contributed by atoms with Crippen LogP contribution in [0.3, 0.4) is 0 Å². The van der Waals surface area contributed by atoms with Crippen LogP contribution < -0.4 is 10.5 Å². The fourth-order valence-corrected chi connectivity index (χ4v) is 2.93. The Kier molecular flexibility index (Phi) is 3.00. The summed E-state index contributed by atoms with van der Waals surface area (Å²) >= 11 is 0. The van der Waals surface area contributed by atoms with E-state index in [1.807, 2.05) is 0 Å². The third kappa shape index (κ3) is 2.30. The number of hydrogen-bond donors (Lipinski definition) is 3. The number of H-pyrrole nitrogens is 1. The van der Waals surface area contributed by atoms with Crippen LogP contribution in [-0.4, -0.2) is 18.6 Å². The van der Waals surface area contributed by atoms with Crippen LogP contribution >= 0.6 is 0 Å². The molecule has 0 bridgehead atoms. The van der Waals surface area contributed by atoms with E-state index in [2.05, 4.69) is 14.9 Å². The van der Waals surface area contributed by atoms with Crippen LogP contribution in [0.5, 0.6) is 0 Å². The lowest BCUT2D eigenvalue weighted by Gasteiger charge is -2.10. The number of nitrogens with one attached hydrogen (secondary N) is 2. The number of anilines is 2. The monoisotopic (exact) mass is 266 g/mol. The molecular formula is C11H14N4O2S. The normalized spacial score (nSPS) is 11.4. The minimum absolute atomic E-state index is 0.200. The van der Waals surface area contributed by atoms with Crippen molar-refractivity contribution < 1.29 is 8.42 Å². The molecule has 0 aliphatic rings. The van der Waals surface area contributed by atoms with Crippen LogP contribution in [0.4, 0.5) is 11.5 Å². The molecule has 4 N–H and O–H groups in total. The SMILES string of the molecule is Cc1cc(N)ccc1S(=O)(=O)Nc1[nH]ncc1C. The first-order valence-electron chi connectivity index (χ1n) is 5.29. The molecule has 0 saturated carbocycles. The van der Waals surface area contributed by atoms with Crippen LogP contribution in [0.1, 0.15) is 11.1 Å². The van der Waals surface area contributed by atoms with E-state index in [4.69, 9.17) is 5.73 Å². The van der Waals surface area contributed by atoms with Gasteiger partial charge in [-0.3, -0.25) is 9.82 Å². The lowest BCUT2D eigenvalue weighted by atomic mass is 10.2. The van der Waals surface area contributed by atoms with Crippen LogP contribution in [-0.2, 0) is 10.0 Å². The molecule has 1 aromatic carbocycles. The van der Waals surface area contributed by atoms with Crippen molar-refractivity contribution in [2.45, 2.75) is 18.7 Å². The zero-order valence-corrected chi connectivity index (χ0v) is 10.9. The summed E-state index contributed by atoms with van der Waals surface area (Å²) in [4.78, 5) is 0.200. The highest BCUT2D eigenvalue weighted by Crippen LogP contribution is 2.21. The Hall–Kier alpha value is -2.02. The summed E-state index contributed by atoms with van der Waals surface area (Å²) in [6, 6.07) is 4.66. The molecule has 0 atom stereocenters. The van der Waals surface area contributed by atoms with Crippen molar-refractivity contribution in [1.82, 2.24) is 10.2 Å². The van der Waals surface area contributed by atoms with Gasteiger partial charge in [0.25, 0.3) is 10.0 Å². The number of aryl methyl sites for hydroxylation is 2. The van der Waals surface area contributed by atoms with Crippen molar-refractivity contribution in [3.05, 3.63) is 35.5 Å². The van der Waals surface area contributed by atoms with E-state index in [1.54, 1.807) is 32.2 Å². The second-order valence-corrected chi connectivity index (χ2v) is 5.71. The Morgan fingerprint density at radius 1 is 1.28 bits per heavy atom. The molecule has 1 aromatic heterocycles. The summed E-state index contributed by atoms with van der Waals surface area (Å²) in [7, 11) is -3.63. The van der Waals surface area contributed by atoms with E-state index in [9.17, 15) is 8.42 Å². The molecular weight excluding hydrogens is 252 g/mol. The third-order valence-electron chi connectivity index (χ3n) is 2.55. The molecule has 0 aliphatic carbocycles. The minimum atomic E-state index is -3.63. The smallest absolute Gasteiger partial charge is 0.263 e. The van der Waals surface area contributed by atoms with Gasteiger partial charge in [0.05, 0.1) is 11.1 Å². The van der Waals surface area contributed by atoms with Gasteiger partial charge in [-0.25, -0.2) is 8.42 Å². The maximum atomic E-state index is 12.2. The molecule has 0 spiro atoms. The molecule has 7 heteroatoms. The zero-order valence-electron chi connectivity index (χ0n) is 10.1. The first kappa shape index (κ1) is 12.4. The van der Waals surface area contributed by atoms with E-state index in [0.717, 1.165) is 5.56 Å². The summed E-state index contributed by atoms with van der Waals surface area (Å²) in [5, 5.41) is 6.36. The van der Waals surface area contributed by atoms with Crippen molar-refractivity contribution in [2.75, 3.05) is 10.5 Å². The number of rotatable bonds is 3. The molecule has 6 nitrogen and oxygen atoms in total. The van der Waals surface area contributed by atoms with Crippen molar-refractivity contribution in [2.24, 2.45) is 0 Å². The zero-order chi connectivity index (χ0) is 13.3. The largest absolute Gasteiger partial charge is 0.399 e. The van der Waals surface area contributed by atoms with Gasteiger partial charge in [0.15, 0.2) is 0 Å². The van der Waals surface area contributed by atoms with Crippen LogP contribution in [0.15, 0.2) is 29.3 Å². The number of hydrogen-bond acceptors (Lipinski definition) is 4. The molecule has 18 heavy (non-hydrogen) atoms. The standard InChI is InChI=1S/C11H14N4O2S/c1-7-5-9(12)3-4-10(7)18(16,17)15-11-8(2)6-13-14-11/h3-6H,12H2,1-2H3,(H2,13,14,15). The molecule has 0 fully saturated rings. The molecule has 0 aliphatic heterocycles. The highest BCUT2D eigenvalue weighted by Gasteiger charge is 2.18. The van der Waals surface area contributed by atoms with Gasteiger partial charge in [0.2, 0.25) is 0 Å². The first-order chi connectivity index (χ1) is 8.40. The molecule has 96 valence electrons. The lowest BCUT2D eigenvalue weighted by molar-refractivity contribution is 0.600. The van der Waals surface area contributed by atoms with Crippen LogP contribution in [0.25, 0.3) is 0 Å². The van der Waals surface area contributed by atoms with Crippen molar-refractivity contribution in [3.63, 3.8) is 0 Å². The molecule has 0 radical (unpaired) electrons. The highest BCUT2D eigenvalue weighted by molar-refractivity contribution is 7.92. The number of aromatic amines is 1. The van der Waals surface area contributed by atoms with Crippen LogP contribution in [0.2, 0.25) is 0 Å². The van der Waals surface area contributed by atoms with Crippen LogP contribution in [0, 0.1) is 13.8 Å². The fourth-order valence-electron chi connectivity index (χ4n) is 1.61. The first-order valence-corrected chi connectivity index (χ1v) is 6.77. The average Bonchev–Trinajstić information content (AvgIpc) is 2.63. The second kappa shape index (κ2) is 4.34. The third-order valence-corrected chi connectivity index (χ3v) is 4.06. The van der Waals surface area contributed by atoms with Gasteiger partial charge in [-0.05, 0) is 37.6 Å². The number of aromatic nitrogens is 2. The number of nitrogens with two attached hydrogens (primary N) is 1. The quantitative estimate of drug-likeness (QED) is 0.731. The van der Waals surface area contributed by atoms with Gasteiger partial charge < -0.3 is 5.73 Å². The maximum absolute atomic E-state index is 12.2. The Labute approximate surface area is 105 Å². The van der Waals surface area contributed by atoms with Gasteiger partial charge >= 0.3 is 0 Å². The number of benzene rings is 1. The Bertz CT molecular complexity index is 676. The summed E-state index contributed by atoms with van der Waals surface area (Å²) in [6.45, 7) is 3.46. The number of nitrogens with zero attached hydrogens (tertiary/aromatic N) is 1. The van der Waals surface area contributed by atoms with E-state index in [-0.39, 0.29) is 4.90 Å². The van der Waals surface area contributed by atoms with Crippen molar-refractivity contribution in [3.8, 4) is 0 Å². The highest BCUT2D eigenvalue weighted by atomic mass is 32.2. The molecule has 0 unspecified atom stereocenters. The van der Waals surface area contributed by atoms with Gasteiger partial charge in [0, 0.05) is 11.3 Å². The Morgan fingerprint density at radius 2 is 2.00 bits per heavy atom. The number of nitrogen functional groups attached to an aromatic ring is 1. The van der Waals surface area contributed by atoms with E-state index >= 15 is 0 Å². The second-order valence-electron chi connectivity index (χ2n) is 4.06. The molecule has 0 saturated heterocycles. The Morgan fingerprint density at radius 3 is 2.56 bits per heavy atom. The van der Waals surface area contributed by atoms with E-state index in [1.165, 1.54) is 6.07 Å². The summed E-state index contributed by atoms with van der Waals surface area (Å²) in [6.07, 6.45) is 1.55.